The van der Waals surface area contributed by atoms with Crippen LogP contribution in [0.4, 0.5) is 0 Å². The number of hydrogen-bond acceptors (Lipinski definition) is 2. The molecule has 2 aliphatic carbocycles. The van der Waals surface area contributed by atoms with Crippen molar-refractivity contribution in [3.63, 3.8) is 0 Å². The predicted octanol–water partition coefficient (Wildman–Crippen LogP) is 4.74. The number of carbonyl (C=O) groups excluding carboxylic acids is 2. The Morgan fingerprint density at radius 3 is 2.17 bits per heavy atom. The zero-order valence-corrected chi connectivity index (χ0v) is 14.4. The minimum absolute atomic E-state index is 0.0515. The molecular weight excluding hydrogens is 284 g/mol. The molecule has 23 heavy (non-hydrogen) atoms. The zero-order valence-electron chi connectivity index (χ0n) is 14.4. The molecule has 2 nitrogen and oxygen atoms in total. The van der Waals surface area contributed by atoms with E-state index < -0.39 is 5.92 Å². The summed E-state index contributed by atoms with van der Waals surface area (Å²) in [6.07, 6.45) is 8.57. The number of allylic oxidation sites excluding steroid dienone is 2. The maximum absolute atomic E-state index is 12.9. The summed E-state index contributed by atoms with van der Waals surface area (Å²) >= 11 is 0. The van der Waals surface area contributed by atoms with E-state index in [2.05, 4.69) is 25.1 Å². The smallest absolute Gasteiger partial charge is 0.173 e. The van der Waals surface area contributed by atoms with Crippen LogP contribution in [0.1, 0.15) is 66.7 Å². The molecule has 3 rings (SSSR count). The Morgan fingerprint density at radius 2 is 1.57 bits per heavy atom. The topological polar surface area (TPSA) is 34.1 Å². The lowest BCUT2D eigenvalue weighted by Gasteiger charge is -2.19. The second-order valence-corrected chi connectivity index (χ2v) is 7.34. The fraction of sp³-hybridized carbons (Fsp3) is 0.524. The quantitative estimate of drug-likeness (QED) is 0.584. The summed E-state index contributed by atoms with van der Waals surface area (Å²) in [5, 5.41) is 0. The molecule has 0 aliphatic heterocycles. The monoisotopic (exact) mass is 310 g/mol. The summed E-state index contributed by atoms with van der Waals surface area (Å²) < 4.78 is 0. The molecule has 0 radical (unpaired) electrons. The van der Waals surface area contributed by atoms with Crippen LogP contribution in [0.3, 0.4) is 0 Å². The number of ketones is 2. The molecule has 0 N–H and O–H groups in total. The first kappa shape index (κ1) is 16.2. The number of rotatable bonds is 2. The van der Waals surface area contributed by atoms with Gasteiger partial charge >= 0.3 is 0 Å². The minimum atomic E-state index is -0.564. The first-order valence-electron chi connectivity index (χ1n) is 8.82. The van der Waals surface area contributed by atoms with Gasteiger partial charge in [0.2, 0.25) is 0 Å². The van der Waals surface area contributed by atoms with Gasteiger partial charge in [0.25, 0.3) is 0 Å². The summed E-state index contributed by atoms with van der Waals surface area (Å²) in [4.78, 5) is 25.5. The highest BCUT2D eigenvalue weighted by atomic mass is 16.2. The van der Waals surface area contributed by atoms with Gasteiger partial charge in [-0.2, -0.15) is 0 Å². The van der Waals surface area contributed by atoms with Gasteiger partial charge in [-0.15, -0.1) is 0 Å². The van der Waals surface area contributed by atoms with Gasteiger partial charge < -0.3 is 0 Å². The molecule has 2 aliphatic rings. The summed E-state index contributed by atoms with van der Waals surface area (Å²) in [6.45, 7) is 6.08. The fourth-order valence-electron chi connectivity index (χ4n) is 4.37. The standard InChI is InChI=1S/C21H26O2/c1-13-9-14(2)19(15(3)10-13)20-18(22)12-17(21(20)23)11-16-7-5-4-6-8-16/h9-11,16,20H,4-8,12H2,1-3H3/b17-11+. The van der Waals surface area contributed by atoms with E-state index in [1.54, 1.807) is 0 Å². The molecule has 0 aromatic heterocycles. The number of benzene rings is 1. The van der Waals surface area contributed by atoms with Crippen LogP contribution in [0.5, 0.6) is 0 Å². The average molecular weight is 310 g/mol. The van der Waals surface area contributed by atoms with Gasteiger partial charge in [0.1, 0.15) is 5.92 Å². The lowest BCUT2D eigenvalue weighted by molar-refractivity contribution is -0.123. The van der Waals surface area contributed by atoms with E-state index in [0.29, 0.717) is 12.3 Å². The molecule has 2 saturated carbocycles. The van der Waals surface area contributed by atoms with E-state index in [1.807, 2.05) is 13.8 Å². The zero-order chi connectivity index (χ0) is 16.6. The van der Waals surface area contributed by atoms with E-state index >= 15 is 0 Å². The summed E-state index contributed by atoms with van der Waals surface area (Å²) in [5.41, 5.74) is 5.02. The number of aryl methyl sites for hydroxylation is 3. The molecule has 2 fully saturated rings. The van der Waals surface area contributed by atoms with E-state index in [0.717, 1.165) is 35.1 Å². The number of carbonyl (C=O) groups is 2. The highest BCUT2D eigenvalue weighted by molar-refractivity contribution is 6.23. The van der Waals surface area contributed by atoms with Gasteiger partial charge in [0.15, 0.2) is 11.6 Å². The van der Waals surface area contributed by atoms with Crippen molar-refractivity contribution in [1.29, 1.82) is 0 Å². The Morgan fingerprint density at radius 1 is 0.957 bits per heavy atom. The van der Waals surface area contributed by atoms with E-state index in [9.17, 15) is 9.59 Å². The molecule has 0 heterocycles. The van der Waals surface area contributed by atoms with Crippen molar-refractivity contribution in [3.8, 4) is 0 Å². The molecule has 0 saturated heterocycles. The summed E-state index contributed by atoms with van der Waals surface area (Å²) in [7, 11) is 0. The Bertz CT molecular complexity index is 652. The van der Waals surface area contributed by atoms with Gasteiger partial charge in [0.05, 0.1) is 0 Å². The Kier molecular flexibility index (Phi) is 4.52. The molecule has 1 atom stereocenters. The van der Waals surface area contributed by atoms with Gasteiger partial charge in [-0.1, -0.05) is 43.0 Å². The SMILES string of the molecule is Cc1cc(C)c(C2C(=O)C/C(=C\C3CCCCC3)C2=O)c(C)c1. The molecule has 0 bridgehead atoms. The van der Waals surface area contributed by atoms with Gasteiger partial charge in [-0.05, 0) is 61.8 Å². The highest BCUT2D eigenvalue weighted by Gasteiger charge is 2.39. The van der Waals surface area contributed by atoms with Crippen LogP contribution >= 0.6 is 0 Å². The second kappa shape index (κ2) is 6.43. The van der Waals surface area contributed by atoms with Gasteiger partial charge in [0, 0.05) is 6.42 Å². The van der Waals surface area contributed by atoms with E-state index in [-0.39, 0.29) is 11.6 Å². The Labute approximate surface area is 139 Å². The molecule has 0 spiro atoms. The fourth-order valence-corrected chi connectivity index (χ4v) is 4.37. The first-order valence-corrected chi connectivity index (χ1v) is 8.82. The third-order valence-electron chi connectivity index (χ3n) is 5.38. The van der Waals surface area contributed by atoms with Crippen molar-refractivity contribution in [2.75, 3.05) is 0 Å². The molecular formula is C21H26O2. The van der Waals surface area contributed by atoms with Crippen LogP contribution in [-0.2, 0) is 9.59 Å². The van der Waals surface area contributed by atoms with Crippen LogP contribution in [0.15, 0.2) is 23.8 Å². The van der Waals surface area contributed by atoms with Crippen LogP contribution in [0.25, 0.3) is 0 Å². The third-order valence-corrected chi connectivity index (χ3v) is 5.38. The maximum Gasteiger partial charge on any atom is 0.173 e. The Balaban J connectivity index is 1.91. The third kappa shape index (κ3) is 3.17. The maximum atomic E-state index is 12.9. The van der Waals surface area contributed by atoms with Crippen molar-refractivity contribution in [2.45, 2.75) is 65.2 Å². The van der Waals surface area contributed by atoms with Crippen molar-refractivity contribution in [1.82, 2.24) is 0 Å². The van der Waals surface area contributed by atoms with Crippen molar-refractivity contribution < 1.29 is 9.59 Å². The van der Waals surface area contributed by atoms with Crippen molar-refractivity contribution in [3.05, 3.63) is 46.0 Å². The van der Waals surface area contributed by atoms with Crippen LogP contribution < -0.4 is 0 Å². The number of hydrogen-bond donors (Lipinski definition) is 0. The summed E-state index contributed by atoms with van der Waals surface area (Å²) in [5.74, 6) is 0.0580. The Hall–Kier alpha value is -1.70. The molecule has 1 aromatic rings. The lowest BCUT2D eigenvalue weighted by Crippen LogP contribution is -2.16. The normalized spacial score (nSPS) is 24.7. The van der Waals surface area contributed by atoms with Gasteiger partial charge in [-0.3, -0.25) is 9.59 Å². The van der Waals surface area contributed by atoms with E-state index in [4.69, 9.17) is 0 Å². The molecule has 1 aromatic carbocycles. The van der Waals surface area contributed by atoms with E-state index in [1.165, 1.54) is 24.8 Å². The molecule has 0 amide bonds. The molecule has 122 valence electrons. The summed E-state index contributed by atoms with van der Waals surface area (Å²) in [6, 6.07) is 4.15. The molecule has 2 heteroatoms. The average Bonchev–Trinajstić information content (AvgIpc) is 2.75. The van der Waals surface area contributed by atoms with Crippen LogP contribution in [-0.4, -0.2) is 11.6 Å². The number of Topliss-reactive ketones (excluding diaryl/α,β-unsaturated/α-hetero) is 2. The predicted molar refractivity (Wildman–Crippen MR) is 92.7 cm³/mol. The minimum Gasteiger partial charge on any atom is -0.298 e. The highest BCUT2D eigenvalue weighted by Crippen LogP contribution is 2.37. The van der Waals surface area contributed by atoms with Crippen LogP contribution in [0, 0.1) is 26.7 Å². The lowest BCUT2D eigenvalue weighted by atomic mass is 9.85. The van der Waals surface area contributed by atoms with Gasteiger partial charge in [-0.25, -0.2) is 0 Å². The first-order chi connectivity index (χ1) is 11.0. The van der Waals surface area contributed by atoms with Crippen LogP contribution in [0.2, 0.25) is 0 Å². The van der Waals surface area contributed by atoms with Crippen molar-refractivity contribution in [2.24, 2.45) is 5.92 Å². The molecule has 1 unspecified atom stereocenters. The van der Waals surface area contributed by atoms with Crippen molar-refractivity contribution >= 4 is 11.6 Å². The largest absolute Gasteiger partial charge is 0.298 e. The second-order valence-electron chi connectivity index (χ2n) is 7.34.